The zero-order chi connectivity index (χ0) is 33.0. The molecule has 0 aliphatic carbocycles. The minimum atomic E-state index is -2.74. The van der Waals surface area contributed by atoms with Crippen LogP contribution in [0.1, 0.15) is 49.4 Å². The third-order valence-corrected chi connectivity index (χ3v) is 7.25. The van der Waals surface area contributed by atoms with Crippen molar-refractivity contribution in [2.75, 3.05) is 13.1 Å². The van der Waals surface area contributed by atoms with E-state index < -0.39 is 41.9 Å². The fourth-order valence-corrected chi connectivity index (χ4v) is 4.99. The second-order valence-corrected chi connectivity index (χ2v) is 10.8. The Labute approximate surface area is 259 Å². The Hall–Kier alpha value is -4.88. The van der Waals surface area contributed by atoms with Crippen LogP contribution < -0.4 is 10.1 Å². The highest BCUT2D eigenvalue weighted by atomic mass is 19.1. The van der Waals surface area contributed by atoms with Crippen molar-refractivity contribution in [2.24, 2.45) is 0 Å². The maximum atomic E-state index is 13.4. The number of ether oxygens (including phenoxy) is 1. The number of nitrogens with zero attached hydrogens (tertiary/aromatic N) is 2. The fraction of sp³-hybridized carbons (Fsp3) is 0.344. The van der Waals surface area contributed by atoms with Crippen LogP contribution in [0, 0.1) is 5.82 Å². The summed E-state index contributed by atoms with van der Waals surface area (Å²) in [6, 6.07) is 20.4. The van der Waals surface area contributed by atoms with E-state index >= 15 is 0 Å². The summed E-state index contributed by atoms with van der Waals surface area (Å²) < 4.78 is 19.2. The van der Waals surface area contributed by atoms with Gasteiger partial charge in [0.25, 0.3) is 0 Å². The van der Waals surface area contributed by atoms with E-state index in [9.17, 15) is 23.6 Å². The van der Waals surface area contributed by atoms with Crippen LogP contribution in [-0.2, 0) is 37.9 Å². The molecule has 1 aliphatic heterocycles. The van der Waals surface area contributed by atoms with Crippen molar-refractivity contribution in [3.8, 4) is 5.75 Å². The number of likely N-dealkylation sites (tertiary alicyclic amines) is 1. The van der Waals surface area contributed by atoms with Crippen LogP contribution in [0.4, 0.5) is 4.39 Å². The number of aromatic nitrogens is 1. The molecule has 3 aromatic rings. The van der Waals surface area contributed by atoms with Crippen LogP contribution in [0.2, 0.25) is 0 Å². The van der Waals surface area contributed by atoms with E-state index in [1.807, 2.05) is 30.3 Å². The summed E-state index contributed by atoms with van der Waals surface area (Å²) >= 11 is 0. The van der Waals surface area contributed by atoms with E-state index in [1.165, 1.54) is 24.6 Å². The summed E-state index contributed by atoms with van der Waals surface area (Å²) in [4.78, 5) is 49.0. The Kier molecular flexibility index (Phi) is 12.1. The van der Waals surface area contributed by atoms with Crippen molar-refractivity contribution < 1.29 is 48.7 Å². The molecule has 0 unspecified atom stereocenters. The van der Waals surface area contributed by atoms with Gasteiger partial charge in [-0.15, -0.1) is 0 Å². The van der Waals surface area contributed by atoms with E-state index in [-0.39, 0.29) is 11.7 Å². The average Bonchev–Trinajstić information content (AvgIpc) is 2.98. The third-order valence-electron chi connectivity index (χ3n) is 7.25. The lowest BCUT2D eigenvalue weighted by atomic mass is 9.80. The van der Waals surface area contributed by atoms with E-state index in [0.29, 0.717) is 6.61 Å². The van der Waals surface area contributed by atoms with Crippen molar-refractivity contribution in [2.45, 2.75) is 56.9 Å². The molecule has 0 spiro atoms. The molecule has 5 N–H and O–H groups in total. The van der Waals surface area contributed by atoms with Gasteiger partial charge in [-0.1, -0.05) is 30.3 Å². The predicted octanol–water partition coefficient (Wildman–Crippen LogP) is 3.18. The van der Waals surface area contributed by atoms with Crippen LogP contribution >= 0.6 is 0 Å². The van der Waals surface area contributed by atoms with Gasteiger partial charge in [-0.25, -0.2) is 9.18 Å². The maximum absolute atomic E-state index is 13.4. The highest BCUT2D eigenvalue weighted by molar-refractivity contribution is 5.88. The van der Waals surface area contributed by atoms with Crippen molar-refractivity contribution in [3.05, 3.63) is 95.6 Å². The quantitative estimate of drug-likeness (QED) is 0.199. The van der Waals surface area contributed by atoms with Crippen molar-refractivity contribution in [1.82, 2.24) is 15.2 Å². The largest absolute Gasteiger partial charge is 0.487 e. The molecule has 0 bridgehead atoms. The first-order valence-electron chi connectivity index (χ1n) is 14.1. The van der Waals surface area contributed by atoms with Crippen molar-refractivity contribution in [1.29, 1.82) is 0 Å². The number of carboxylic acids is 3. The molecule has 0 radical (unpaired) electrons. The first kappa shape index (κ1) is 34.6. The van der Waals surface area contributed by atoms with Gasteiger partial charge in [0, 0.05) is 32.8 Å². The minimum absolute atomic E-state index is 0.0657. The molecule has 240 valence electrons. The zero-order valence-electron chi connectivity index (χ0n) is 24.7. The first-order valence-corrected chi connectivity index (χ1v) is 14.1. The molecule has 1 aliphatic rings. The van der Waals surface area contributed by atoms with Crippen LogP contribution in [-0.4, -0.2) is 72.8 Å². The van der Waals surface area contributed by atoms with E-state index in [4.69, 9.17) is 25.2 Å². The lowest BCUT2D eigenvalue weighted by Crippen LogP contribution is -2.52. The Morgan fingerprint density at radius 3 is 2.02 bits per heavy atom. The highest BCUT2D eigenvalue weighted by Crippen LogP contribution is 2.34. The van der Waals surface area contributed by atoms with Gasteiger partial charge in [0.15, 0.2) is 5.60 Å². The lowest BCUT2D eigenvalue weighted by Gasteiger charge is -2.42. The summed E-state index contributed by atoms with van der Waals surface area (Å²) in [5, 5.41) is 37.0. The Morgan fingerprint density at radius 2 is 1.53 bits per heavy atom. The molecule has 0 atom stereocenters. The minimum Gasteiger partial charge on any atom is -0.487 e. The first-order chi connectivity index (χ1) is 21.3. The van der Waals surface area contributed by atoms with Gasteiger partial charge in [0.05, 0.1) is 24.1 Å². The number of aliphatic carboxylic acids is 3. The summed E-state index contributed by atoms with van der Waals surface area (Å²) in [6.07, 6.45) is 1.04. The van der Waals surface area contributed by atoms with Gasteiger partial charge < -0.3 is 30.5 Å². The summed E-state index contributed by atoms with van der Waals surface area (Å²) in [5.41, 5.74) is -0.113. The summed E-state index contributed by atoms with van der Waals surface area (Å²) in [5.74, 6) is -4.53. The number of hydrogen-bond donors (Lipinski definition) is 5. The van der Waals surface area contributed by atoms with Crippen LogP contribution in [0.25, 0.3) is 0 Å². The molecule has 2 aromatic carbocycles. The van der Waals surface area contributed by atoms with Gasteiger partial charge in [-0.3, -0.25) is 24.3 Å². The molecule has 1 saturated heterocycles. The van der Waals surface area contributed by atoms with Crippen molar-refractivity contribution >= 4 is 23.8 Å². The smallest absolute Gasteiger partial charge is 0.336 e. The fourth-order valence-electron chi connectivity index (χ4n) is 4.99. The van der Waals surface area contributed by atoms with Crippen molar-refractivity contribution in [3.63, 3.8) is 0 Å². The molecule has 12 nitrogen and oxygen atoms in total. The van der Waals surface area contributed by atoms with Gasteiger partial charge in [-0.05, 0) is 60.4 Å². The summed E-state index contributed by atoms with van der Waals surface area (Å²) in [7, 11) is 0. The average molecular weight is 626 g/mol. The molecule has 45 heavy (non-hydrogen) atoms. The number of amides is 1. The highest BCUT2D eigenvalue weighted by Gasteiger charge is 2.41. The van der Waals surface area contributed by atoms with Gasteiger partial charge in [0.1, 0.15) is 18.2 Å². The SMILES string of the molecule is CC(=O)NC1(c2ccc(F)cc2)CCN(Cc2ccc(OCc3ccccn3)cc2)CC1.O=C(O)CC(O)(CC(=O)O)C(=O)O. The molecular weight excluding hydrogens is 589 g/mol. The number of hydrogen-bond acceptors (Lipinski definition) is 8. The number of rotatable bonds is 12. The number of carbonyl (C=O) groups is 4. The zero-order valence-corrected chi connectivity index (χ0v) is 24.7. The van der Waals surface area contributed by atoms with E-state index in [1.54, 1.807) is 18.3 Å². The number of halogens is 1. The van der Waals surface area contributed by atoms with E-state index in [0.717, 1.165) is 49.5 Å². The van der Waals surface area contributed by atoms with Crippen LogP contribution in [0.3, 0.4) is 0 Å². The maximum Gasteiger partial charge on any atom is 0.336 e. The Bertz CT molecular complexity index is 1430. The number of nitrogens with one attached hydrogen (secondary N) is 1. The lowest BCUT2D eigenvalue weighted by molar-refractivity contribution is -0.170. The molecule has 1 amide bonds. The predicted molar refractivity (Wildman–Crippen MR) is 159 cm³/mol. The van der Waals surface area contributed by atoms with Gasteiger partial charge >= 0.3 is 17.9 Å². The molecule has 1 aromatic heterocycles. The number of aliphatic hydroxyl groups is 1. The standard InChI is InChI=1S/C26H28FN3O2.C6H8O7/c1-20(31)29-26(22-7-9-23(27)10-8-22)13-16-30(17-14-26)18-21-5-11-25(12-6-21)32-19-24-4-2-3-15-28-24;7-3(8)1-6(13,5(11)12)2-4(9)10/h2-12,15H,13-14,16-19H2,1H3,(H,29,31);13H,1-2H2,(H,7,8)(H,9,10)(H,11,12). The molecule has 0 saturated carbocycles. The van der Waals surface area contributed by atoms with Crippen LogP contribution in [0.5, 0.6) is 5.75 Å². The molecule has 4 rings (SSSR count). The number of pyridine rings is 1. The Morgan fingerprint density at radius 1 is 0.933 bits per heavy atom. The van der Waals surface area contributed by atoms with Gasteiger partial charge in [-0.2, -0.15) is 0 Å². The second-order valence-electron chi connectivity index (χ2n) is 10.8. The molecule has 13 heteroatoms. The normalized spacial score (nSPS) is 14.4. The number of carbonyl (C=O) groups excluding carboxylic acids is 1. The number of carboxylic acid groups (broad SMARTS) is 3. The second kappa shape index (κ2) is 15.7. The Balaban J connectivity index is 0.000000360. The molecular formula is C32H36FN3O9. The topological polar surface area (TPSA) is 187 Å². The van der Waals surface area contributed by atoms with Crippen LogP contribution in [0.15, 0.2) is 72.9 Å². The monoisotopic (exact) mass is 625 g/mol. The van der Waals surface area contributed by atoms with Gasteiger partial charge in [0.2, 0.25) is 5.91 Å². The molecule has 1 fully saturated rings. The third kappa shape index (κ3) is 10.7. The number of piperidine rings is 1. The molecule has 2 heterocycles. The van der Waals surface area contributed by atoms with E-state index in [2.05, 4.69) is 27.3 Å². The number of benzene rings is 2. The summed E-state index contributed by atoms with van der Waals surface area (Å²) in [6.45, 7) is 4.50.